The van der Waals surface area contributed by atoms with Crippen LogP contribution in [0.4, 0.5) is 10.1 Å². The van der Waals surface area contributed by atoms with Crippen molar-refractivity contribution in [3.8, 4) is 5.69 Å². The molecule has 5 rings (SSSR count). The van der Waals surface area contributed by atoms with Gasteiger partial charge < -0.3 is 14.8 Å². The van der Waals surface area contributed by atoms with Crippen molar-refractivity contribution in [1.82, 2.24) is 14.9 Å². The quantitative estimate of drug-likeness (QED) is 0.405. The molecule has 4 aromatic rings. The molecule has 0 bridgehead atoms. The number of nitrogens with zero attached hydrogens (tertiary/aromatic N) is 3. The van der Waals surface area contributed by atoms with Crippen molar-refractivity contribution in [2.45, 2.75) is 25.9 Å². The van der Waals surface area contributed by atoms with Gasteiger partial charge in [0, 0.05) is 29.0 Å². The smallest absolute Gasteiger partial charge is 0.174 e. The molecule has 0 amide bonds. The maximum atomic E-state index is 14.0. The summed E-state index contributed by atoms with van der Waals surface area (Å²) >= 11 is 5.80. The van der Waals surface area contributed by atoms with Crippen LogP contribution in [0.1, 0.15) is 34.7 Å². The Morgan fingerprint density at radius 3 is 2.38 bits per heavy atom. The van der Waals surface area contributed by atoms with Gasteiger partial charge in [0.25, 0.3) is 0 Å². The lowest BCUT2D eigenvalue weighted by atomic mass is 9.96. The lowest BCUT2D eigenvalue weighted by Crippen LogP contribution is -2.29. The minimum Gasteiger partial charge on any atom is -0.351 e. The van der Waals surface area contributed by atoms with E-state index < -0.39 is 0 Å². The third kappa shape index (κ3) is 3.46. The van der Waals surface area contributed by atoms with Crippen LogP contribution in [0.2, 0.25) is 0 Å². The highest BCUT2D eigenvalue weighted by atomic mass is 32.1. The van der Waals surface area contributed by atoms with Gasteiger partial charge in [-0.15, -0.1) is 0 Å². The molecule has 1 N–H and O–H groups in total. The average molecular weight is 443 g/mol. The van der Waals surface area contributed by atoms with Crippen LogP contribution in [0, 0.1) is 19.7 Å². The van der Waals surface area contributed by atoms with E-state index in [1.54, 1.807) is 18.3 Å². The van der Waals surface area contributed by atoms with E-state index in [0.717, 1.165) is 34.0 Å². The molecule has 2 aromatic carbocycles. The van der Waals surface area contributed by atoms with E-state index in [1.807, 2.05) is 49.4 Å². The summed E-state index contributed by atoms with van der Waals surface area (Å²) in [5.41, 5.74) is 5.96. The number of benzene rings is 2. The van der Waals surface area contributed by atoms with E-state index in [4.69, 9.17) is 12.2 Å². The van der Waals surface area contributed by atoms with Gasteiger partial charge in [-0.1, -0.05) is 30.3 Å². The molecule has 6 heteroatoms. The molecular formula is C26H23FN4S. The number of thiocarbonyl (C=S) groups is 1. The third-order valence-corrected chi connectivity index (χ3v) is 6.30. The first-order valence-electron chi connectivity index (χ1n) is 10.5. The van der Waals surface area contributed by atoms with Gasteiger partial charge in [-0.25, -0.2) is 4.39 Å². The lowest BCUT2D eigenvalue weighted by Gasteiger charge is -2.28. The minimum absolute atomic E-state index is 0.103. The number of aromatic nitrogens is 2. The summed E-state index contributed by atoms with van der Waals surface area (Å²) in [4.78, 5) is 6.78. The van der Waals surface area contributed by atoms with Crippen molar-refractivity contribution >= 4 is 23.0 Å². The molecule has 1 aliphatic rings. The van der Waals surface area contributed by atoms with E-state index in [0.29, 0.717) is 5.11 Å². The molecule has 2 aromatic heterocycles. The van der Waals surface area contributed by atoms with E-state index >= 15 is 0 Å². The number of anilines is 1. The van der Waals surface area contributed by atoms with Gasteiger partial charge in [-0.3, -0.25) is 4.98 Å². The van der Waals surface area contributed by atoms with Gasteiger partial charge in [-0.2, -0.15) is 0 Å². The number of pyridine rings is 1. The fraction of sp³-hybridized carbons (Fsp3) is 0.154. The van der Waals surface area contributed by atoms with Gasteiger partial charge in [-0.05, 0) is 80.2 Å². The average Bonchev–Trinajstić information content (AvgIpc) is 3.30. The van der Waals surface area contributed by atoms with Gasteiger partial charge >= 0.3 is 0 Å². The first-order valence-corrected chi connectivity index (χ1v) is 11.0. The highest BCUT2D eigenvalue weighted by molar-refractivity contribution is 7.80. The van der Waals surface area contributed by atoms with Crippen molar-refractivity contribution in [1.29, 1.82) is 0 Å². The largest absolute Gasteiger partial charge is 0.351 e. The molecule has 3 heterocycles. The number of aryl methyl sites for hydroxylation is 1. The molecule has 160 valence electrons. The van der Waals surface area contributed by atoms with Gasteiger partial charge in [0.05, 0.1) is 17.8 Å². The second kappa shape index (κ2) is 8.20. The second-order valence-electron chi connectivity index (χ2n) is 7.97. The minimum atomic E-state index is -0.252. The maximum Gasteiger partial charge on any atom is 0.174 e. The number of rotatable bonds is 4. The Bertz CT molecular complexity index is 1270. The third-order valence-electron chi connectivity index (χ3n) is 5.99. The molecule has 32 heavy (non-hydrogen) atoms. The molecule has 0 radical (unpaired) electrons. The maximum absolute atomic E-state index is 14.0. The number of para-hydroxylation sites is 1. The zero-order valence-corrected chi connectivity index (χ0v) is 18.7. The Balaban J connectivity index is 1.68. The zero-order chi connectivity index (χ0) is 22.2. The molecule has 1 fully saturated rings. The SMILES string of the molecule is Cc1cc([C@@H]2[C@H](c3ccccn3)NC(=S)N2c2ccccc2)c(C)n1-c1cccc(F)c1. The fourth-order valence-electron chi connectivity index (χ4n) is 4.64. The van der Waals surface area contributed by atoms with Crippen LogP contribution in [0.25, 0.3) is 5.69 Å². The van der Waals surface area contributed by atoms with Crippen LogP contribution >= 0.6 is 12.2 Å². The fourth-order valence-corrected chi connectivity index (χ4v) is 4.98. The highest BCUT2D eigenvalue weighted by Gasteiger charge is 2.42. The summed E-state index contributed by atoms with van der Waals surface area (Å²) in [5, 5.41) is 4.16. The molecule has 0 spiro atoms. The topological polar surface area (TPSA) is 33.1 Å². The van der Waals surface area contributed by atoms with Crippen molar-refractivity contribution in [3.05, 3.63) is 114 Å². The van der Waals surface area contributed by atoms with Crippen LogP contribution in [0.15, 0.2) is 85.1 Å². The number of hydrogen-bond donors (Lipinski definition) is 1. The lowest BCUT2D eigenvalue weighted by molar-refractivity contribution is 0.565. The van der Waals surface area contributed by atoms with Crippen molar-refractivity contribution < 1.29 is 4.39 Å². The molecule has 0 aliphatic carbocycles. The Morgan fingerprint density at radius 2 is 1.66 bits per heavy atom. The number of halogens is 1. The first-order chi connectivity index (χ1) is 15.5. The molecule has 2 atom stereocenters. The van der Waals surface area contributed by atoms with Crippen molar-refractivity contribution in [2.75, 3.05) is 4.90 Å². The normalized spacial score (nSPS) is 18.1. The first kappa shape index (κ1) is 20.4. The van der Waals surface area contributed by atoms with Gasteiger partial charge in [0.2, 0.25) is 0 Å². The van der Waals surface area contributed by atoms with Gasteiger partial charge in [0.15, 0.2) is 5.11 Å². The Kier molecular flexibility index (Phi) is 5.23. The van der Waals surface area contributed by atoms with Crippen LogP contribution in [0.5, 0.6) is 0 Å². The molecule has 1 saturated heterocycles. The number of nitrogens with one attached hydrogen (secondary N) is 1. The molecule has 1 aliphatic heterocycles. The van der Waals surface area contributed by atoms with Crippen molar-refractivity contribution in [3.63, 3.8) is 0 Å². The summed E-state index contributed by atoms with van der Waals surface area (Å²) in [6, 6.07) is 24.7. The van der Waals surface area contributed by atoms with E-state index in [9.17, 15) is 4.39 Å². The summed E-state index contributed by atoms with van der Waals surface area (Å²) in [5.74, 6) is -0.252. The summed E-state index contributed by atoms with van der Waals surface area (Å²) in [6.07, 6.45) is 1.80. The number of hydrogen-bond acceptors (Lipinski definition) is 2. The standard InChI is InChI=1S/C26H23FN4S/c1-17-15-22(18(2)30(17)21-12-8-9-19(27)16-21)25-24(23-13-6-7-14-28-23)29-26(32)31(25)20-10-4-3-5-11-20/h3-16,24-25H,1-2H3,(H,29,32)/t24-,25+/m0/s1. The van der Waals surface area contributed by atoms with Crippen LogP contribution in [-0.4, -0.2) is 14.7 Å². The summed E-state index contributed by atoms with van der Waals surface area (Å²) in [6.45, 7) is 4.12. The second-order valence-corrected chi connectivity index (χ2v) is 8.36. The zero-order valence-electron chi connectivity index (χ0n) is 17.9. The van der Waals surface area contributed by atoms with Gasteiger partial charge in [0.1, 0.15) is 5.82 Å². The Labute approximate surface area is 192 Å². The Morgan fingerprint density at radius 1 is 0.906 bits per heavy atom. The summed E-state index contributed by atoms with van der Waals surface area (Å²) < 4.78 is 16.1. The predicted molar refractivity (Wildman–Crippen MR) is 130 cm³/mol. The molecule has 0 unspecified atom stereocenters. The van der Waals surface area contributed by atoms with Crippen molar-refractivity contribution in [2.24, 2.45) is 0 Å². The van der Waals surface area contributed by atoms with Crippen LogP contribution < -0.4 is 10.2 Å². The Hall–Kier alpha value is -3.51. The van der Waals surface area contributed by atoms with Crippen LogP contribution in [-0.2, 0) is 0 Å². The summed E-state index contributed by atoms with van der Waals surface area (Å²) in [7, 11) is 0. The van der Waals surface area contributed by atoms with E-state index in [1.165, 1.54) is 6.07 Å². The van der Waals surface area contributed by atoms with Crippen LogP contribution in [0.3, 0.4) is 0 Å². The predicted octanol–water partition coefficient (Wildman–Crippen LogP) is 5.81. The highest BCUT2D eigenvalue weighted by Crippen LogP contribution is 2.43. The molecular weight excluding hydrogens is 419 g/mol. The van der Waals surface area contributed by atoms with E-state index in [2.05, 4.69) is 44.9 Å². The molecule has 0 saturated carbocycles. The monoisotopic (exact) mass is 442 g/mol. The van der Waals surface area contributed by atoms with E-state index in [-0.39, 0.29) is 17.9 Å². The molecule has 4 nitrogen and oxygen atoms in total.